The van der Waals surface area contributed by atoms with Gasteiger partial charge in [-0.05, 0) is 51.5 Å². The lowest BCUT2D eigenvalue weighted by Crippen LogP contribution is -2.45. The van der Waals surface area contributed by atoms with E-state index in [0.717, 1.165) is 0 Å². The number of nitrogens with zero attached hydrogens (tertiary/aromatic N) is 4. The number of rotatable bonds is 4. The monoisotopic (exact) mass is 428 g/mol. The number of hydrazine groups is 1. The van der Waals surface area contributed by atoms with Crippen LogP contribution in [0, 0.1) is 18.2 Å². The molecule has 1 aromatic heterocycles. The van der Waals surface area contributed by atoms with Gasteiger partial charge in [-0.3, -0.25) is 14.4 Å². The molecule has 9 heteroatoms. The number of carbonyl (C=O) groups excluding carboxylic acids is 3. The molecule has 0 saturated carbocycles. The van der Waals surface area contributed by atoms with Gasteiger partial charge in [-0.25, -0.2) is 24.4 Å². The number of halogens is 1. The van der Waals surface area contributed by atoms with Crippen molar-refractivity contribution >= 4 is 17.8 Å². The molecule has 164 valence electrons. The lowest BCUT2D eigenvalue weighted by Gasteiger charge is -2.27. The van der Waals surface area contributed by atoms with Gasteiger partial charge in [-0.15, -0.1) is 0 Å². The second-order valence-electron chi connectivity index (χ2n) is 8.43. The quantitative estimate of drug-likeness (QED) is 0.694. The first-order valence-electron chi connectivity index (χ1n) is 9.92. The van der Waals surface area contributed by atoms with E-state index in [2.05, 4.69) is 9.97 Å². The summed E-state index contributed by atoms with van der Waals surface area (Å²) in [6.45, 7) is 6.92. The lowest BCUT2D eigenvalue weighted by atomic mass is 9.97. The van der Waals surface area contributed by atoms with E-state index in [1.165, 1.54) is 46.5 Å². The Balaban J connectivity index is 1.83. The normalized spacial score (nSPS) is 16.4. The number of hydrogen-bond donors (Lipinski definition) is 0. The molecular formula is C22H25FN4O4. The maximum atomic E-state index is 13.2. The summed E-state index contributed by atoms with van der Waals surface area (Å²) in [7, 11) is 0. The number of aromatic nitrogens is 2. The highest BCUT2D eigenvalue weighted by Crippen LogP contribution is 2.22. The van der Waals surface area contributed by atoms with Crippen molar-refractivity contribution < 1.29 is 23.5 Å². The fourth-order valence-corrected chi connectivity index (χ4v) is 3.05. The maximum Gasteiger partial charge on any atom is 0.311 e. The number of benzene rings is 1. The van der Waals surface area contributed by atoms with Gasteiger partial charge in [0, 0.05) is 6.20 Å². The molecule has 2 aromatic rings. The molecule has 1 saturated heterocycles. The van der Waals surface area contributed by atoms with Crippen LogP contribution in [0.2, 0.25) is 0 Å². The third kappa shape index (κ3) is 5.42. The first kappa shape index (κ1) is 22.3. The predicted molar refractivity (Wildman–Crippen MR) is 109 cm³/mol. The van der Waals surface area contributed by atoms with Gasteiger partial charge in [0.1, 0.15) is 23.4 Å². The van der Waals surface area contributed by atoms with Crippen LogP contribution in [0.5, 0.6) is 0 Å². The van der Waals surface area contributed by atoms with Crippen molar-refractivity contribution in [3.05, 3.63) is 59.4 Å². The summed E-state index contributed by atoms with van der Waals surface area (Å²) in [4.78, 5) is 46.5. The molecule has 2 amide bonds. The van der Waals surface area contributed by atoms with E-state index in [9.17, 15) is 18.8 Å². The number of ether oxygens (including phenoxy) is 1. The minimum absolute atomic E-state index is 0.0266. The molecule has 8 nitrogen and oxygen atoms in total. The van der Waals surface area contributed by atoms with Gasteiger partial charge in [0.2, 0.25) is 5.91 Å². The van der Waals surface area contributed by atoms with Crippen LogP contribution in [0.25, 0.3) is 0 Å². The standard InChI is InChI=1S/C22H25FN4O4/c1-14-24-10-9-18(25-14)20(29)27-13-17(31-21(30)22(2,3)4)12-26(27)19(28)11-15-5-7-16(23)8-6-15/h5-10,17H,11-13H2,1-4H3. The van der Waals surface area contributed by atoms with E-state index in [1.54, 1.807) is 27.7 Å². The van der Waals surface area contributed by atoms with Crippen LogP contribution in [0.1, 0.15) is 42.6 Å². The van der Waals surface area contributed by atoms with Crippen LogP contribution in [-0.2, 0) is 20.7 Å². The number of carbonyl (C=O) groups is 3. The second-order valence-corrected chi connectivity index (χ2v) is 8.43. The van der Waals surface area contributed by atoms with Gasteiger partial charge < -0.3 is 4.74 Å². The fraction of sp³-hybridized carbons (Fsp3) is 0.409. The zero-order chi connectivity index (χ0) is 22.8. The summed E-state index contributed by atoms with van der Waals surface area (Å²) < 4.78 is 18.7. The summed E-state index contributed by atoms with van der Waals surface area (Å²) in [5, 5.41) is 2.51. The van der Waals surface area contributed by atoms with Crippen molar-refractivity contribution in [2.45, 2.75) is 40.2 Å². The summed E-state index contributed by atoms with van der Waals surface area (Å²) in [6.07, 6.45) is 0.760. The zero-order valence-electron chi connectivity index (χ0n) is 18.0. The number of aryl methyl sites for hydroxylation is 1. The smallest absolute Gasteiger partial charge is 0.311 e. The second kappa shape index (κ2) is 8.79. The van der Waals surface area contributed by atoms with Gasteiger partial charge in [-0.1, -0.05) is 12.1 Å². The van der Waals surface area contributed by atoms with Crippen LogP contribution in [0.15, 0.2) is 36.5 Å². The maximum absolute atomic E-state index is 13.2. The summed E-state index contributed by atoms with van der Waals surface area (Å²) >= 11 is 0. The summed E-state index contributed by atoms with van der Waals surface area (Å²) in [5.74, 6) is -1.27. The van der Waals surface area contributed by atoms with Gasteiger partial charge in [0.05, 0.1) is 24.9 Å². The highest BCUT2D eigenvalue weighted by atomic mass is 19.1. The van der Waals surface area contributed by atoms with E-state index in [1.807, 2.05) is 0 Å². The number of esters is 1. The minimum Gasteiger partial charge on any atom is -0.458 e. The van der Waals surface area contributed by atoms with Crippen molar-refractivity contribution in [1.29, 1.82) is 0 Å². The average molecular weight is 428 g/mol. The predicted octanol–water partition coefficient (Wildman–Crippen LogP) is 2.32. The van der Waals surface area contributed by atoms with Crippen molar-refractivity contribution in [2.75, 3.05) is 13.1 Å². The molecule has 3 rings (SSSR count). The lowest BCUT2D eigenvalue weighted by molar-refractivity contribution is -0.157. The van der Waals surface area contributed by atoms with Gasteiger partial charge >= 0.3 is 5.97 Å². The minimum atomic E-state index is -0.718. The van der Waals surface area contributed by atoms with Crippen LogP contribution < -0.4 is 0 Å². The SMILES string of the molecule is Cc1nccc(C(=O)N2CC(OC(=O)C(C)(C)C)CN2C(=O)Cc2ccc(F)cc2)n1. The van der Waals surface area contributed by atoms with E-state index < -0.39 is 29.2 Å². The molecular weight excluding hydrogens is 403 g/mol. The first-order valence-corrected chi connectivity index (χ1v) is 9.92. The highest BCUT2D eigenvalue weighted by molar-refractivity contribution is 5.94. The Morgan fingerprint density at radius 1 is 1.10 bits per heavy atom. The number of amides is 2. The molecule has 2 heterocycles. The molecule has 0 radical (unpaired) electrons. The molecule has 1 fully saturated rings. The number of hydrogen-bond acceptors (Lipinski definition) is 6. The van der Waals surface area contributed by atoms with Crippen LogP contribution in [-0.4, -0.2) is 57.0 Å². The fourth-order valence-electron chi connectivity index (χ4n) is 3.05. The molecule has 1 aromatic carbocycles. The Kier molecular flexibility index (Phi) is 6.33. The van der Waals surface area contributed by atoms with Crippen molar-refractivity contribution in [3.8, 4) is 0 Å². The van der Waals surface area contributed by atoms with Gasteiger partial charge in [0.15, 0.2) is 0 Å². The van der Waals surface area contributed by atoms with Crippen molar-refractivity contribution in [2.24, 2.45) is 5.41 Å². The van der Waals surface area contributed by atoms with Gasteiger partial charge in [0.25, 0.3) is 5.91 Å². The van der Waals surface area contributed by atoms with E-state index in [4.69, 9.17) is 4.74 Å². The highest BCUT2D eigenvalue weighted by Gasteiger charge is 2.40. The van der Waals surface area contributed by atoms with Crippen LogP contribution in [0.4, 0.5) is 4.39 Å². The van der Waals surface area contributed by atoms with Crippen LogP contribution in [0.3, 0.4) is 0 Å². The zero-order valence-corrected chi connectivity index (χ0v) is 18.0. The molecule has 0 spiro atoms. The average Bonchev–Trinajstić information content (AvgIpc) is 3.12. The van der Waals surface area contributed by atoms with Crippen LogP contribution >= 0.6 is 0 Å². The molecule has 0 aliphatic carbocycles. The Hall–Kier alpha value is -3.36. The third-order valence-electron chi connectivity index (χ3n) is 4.72. The summed E-state index contributed by atoms with van der Waals surface area (Å²) in [5.41, 5.74) is 0.0196. The van der Waals surface area contributed by atoms with Crippen molar-refractivity contribution in [3.63, 3.8) is 0 Å². The molecule has 1 aliphatic heterocycles. The Morgan fingerprint density at radius 3 is 2.35 bits per heavy atom. The van der Waals surface area contributed by atoms with Gasteiger partial charge in [-0.2, -0.15) is 0 Å². The Labute approximate surface area is 180 Å². The topological polar surface area (TPSA) is 92.7 Å². The molecule has 1 unspecified atom stereocenters. The third-order valence-corrected chi connectivity index (χ3v) is 4.72. The van der Waals surface area contributed by atoms with E-state index in [0.29, 0.717) is 11.4 Å². The Morgan fingerprint density at radius 2 is 1.74 bits per heavy atom. The largest absolute Gasteiger partial charge is 0.458 e. The first-order chi connectivity index (χ1) is 14.5. The molecule has 0 bridgehead atoms. The molecule has 1 atom stereocenters. The summed E-state index contributed by atoms with van der Waals surface area (Å²) in [6, 6.07) is 7.04. The van der Waals surface area contributed by atoms with E-state index in [-0.39, 0.29) is 31.1 Å². The Bertz CT molecular complexity index is 988. The molecule has 0 N–H and O–H groups in total. The molecule has 1 aliphatic rings. The van der Waals surface area contributed by atoms with E-state index >= 15 is 0 Å². The van der Waals surface area contributed by atoms with Crippen molar-refractivity contribution in [1.82, 2.24) is 20.0 Å². The molecule has 31 heavy (non-hydrogen) atoms.